The number of piperazine rings is 1. The number of aryl methyl sites for hydroxylation is 1. The minimum atomic E-state index is -5.34. The largest absolute Gasteiger partial charge is 0.493 e. The van der Waals surface area contributed by atoms with E-state index in [1.807, 2.05) is 4.90 Å². The highest BCUT2D eigenvalue weighted by Crippen LogP contribution is 2.40. The minimum absolute atomic E-state index is 0.0693. The normalized spacial score (nSPS) is 15.3. The number of halogens is 5. The molecule has 1 fully saturated rings. The lowest BCUT2D eigenvalue weighted by Gasteiger charge is -2.36. The molecule has 0 aliphatic carbocycles. The van der Waals surface area contributed by atoms with Crippen molar-refractivity contribution in [2.75, 3.05) is 42.5 Å². The Labute approximate surface area is 279 Å². The molecule has 0 saturated carbocycles. The first-order valence-corrected chi connectivity index (χ1v) is 15.8. The van der Waals surface area contributed by atoms with Crippen molar-refractivity contribution in [1.82, 2.24) is 25.2 Å². The number of anilines is 3. The Morgan fingerprint density at radius 2 is 1.71 bits per heavy atom. The molecule has 1 aromatic heterocycles. The third-order valence-corrected chi connectivity index (χ3v) is 8.27. The SMILES string of the molecule is CCCCN1CCN(c2nc(-c3cc(C(=O)N(OC(=O)C(F)(F)F)C(C)C)ccc3C)c3c(n2)N(c2c(F)cccc2F)C(=O)NC3)CC1. The molecule has 0 spiro atoms. The van der Waals surface area contributed by atoms with Crippen LogP contribution in [0.4, 0.5) is 44.2 Å². The zero-order chi connectivity index (χ0) is 35.6. The molecule has 3 amide bonds. The number of urea groups is 1. The van der Waals surface area contributed by atoms with Crippen molar-refractivity contribution in [1.29, 1.82) is 0 Å². The highest BCUT2D eigenvalue weighted by molar-refractivity contribution is 6.02. The summed E-state index contributed by atoms with van der Waals surface area (Å²) in [5, 5.41) is 2.96. The van der Waals surface area contributed by atoms with Crippen molar-refractivity contribution in [2.24, 2.45) is 0 Å². The maximum Gasteiger partial charge on any atom is 0.493 e. The van der Waals surface area contributed by atoms with E-state index >= 15 is 8.78 Å². The van der Waals surface area contributed by atoms with Crippen molar-refractivity contribution in [3.8, 4) is 11.3 Å². The topological polar surface area (TPSA) is 111 Å². The molecule has 0 atom stereocenters. The number of carbonyl (C=O) groups is 3. The first kappa shape index (κ1) is 35.4. The Bertz CT molecular complexity index is 1720. The summed E-state index contributed by atoms with van der Waals surface area (Å²) in [5.74, 6) is -5.47. The van der Waals surface area contributed by atoms with Gasteiger partial charge in [-0.05, 0) is 63.6 Å². The Kier molecular flexibility index (Phi) is 10.4. The predicted molar refractivity (Wildman–Crippen MR) is 170 cm³/mol. The number of hydrogen-bond acceptors (Lipinski definition) is 8. The molecule has 16 heteroatoms. The summed E-state index contributed by atoms with van der Waals surface area (Å²) in [7, 11) is 0. The number of amides is 3. The first-order valence-electron chi connectivity index (χ1n) is 15.8. The summed E-state index contributed by atoms with van der Waals surface area (Å²) >= 11 is 0. The van der Waals surface area contributed by atoms with Crippen LogP contribution in [0.3, 0.4) is 0 Å². The quantitative estimate of drug-likeness (QED) is 0.231. The number of carbonyl (C=O) groups excluding carboxylic acids is 3. The molecule has 3 aromatic rings. The van der Waals surface area contributed by atoms with Gasteiger partial charge in [-0.15, -0.1) is 0 Å². The Balaban J connectivity index is 1.64. The van der Waals surface area contributed by atoms with Crippen LogP contribution in [0.1, 0.15) is 55.1 Å². The fourth-order valence-corrected chi connectivity index (χ4v) is 5.63. The van der Waals surface area contributed by atoms with Gasteiger partial charge in [0.05, 0.1) is 18.3 Å². The van der Waals surface area contributed by atoms with Crippen LogP contribution in [0.15, 0.2) is 36.4 Å². The average Bonchev–Trinajstić information content (AvgIpc) is 3.06. The number of para-hydroxylation sites is 1. The van der Waals surface area contributed by atoms with E-state index in [0.717, 1.165) is 36.4 Å². The zero-order valence-electron chi connectivity index (χ0n) is 27.4. The number of alkyl halides is 3. The Morgan fingerprint density at radius 3 is 2.33 bits per heavy atom. The smallest absolute Gasteiger partial charge is 0.338 e. The standard InChI is InChI=1S/C33H36F5N7O4/c1-5-6-12-42-13-15-43(16-14-42)31-40-26(23-18-39-32(48)44(28(23)41-31)27-24(34)8-7-9-25(27)35)22-17-21(11-10-20(22)4)29(46)45(19(2)3)49-30(47)33(36,37)38/h7-11,17,19H,5-6,12-16,18H2,1-4H3,(H,39,48). The number of hydrogen-bond donors (Lipinski definition) is 1. The van der Waals surface area contributed by atoms with Crippen LogP contribution in [-0.4, -0.2) is 82.8 Å². The van der Waals surface area contributed by atoms with Gasteiger partial charge in [-0.2, -0.15) is 23.2 Å². The summed E-state index contributed by atoms with van der Waals surface area (Å²) in [6, 6.07) is 5.72. The third-order valence-electron chi connectivity index (χ3n) is 8.27. The van der Waals surface area contributed by atoms with Crippen LogP contribution >= 0.6 is 0 Å². The summed E-state index contributed by atoms with van der Waals surface area (Å²) in [4.78, 5) is 57.4. The molecule has 49 heavy (non-hydrogen) atoms. The van der Waals surface area contributed by atoms with E-state index < -0.39 is 47.4 Å². The molecule has 11 nitrogen and oxygen atoms in total. The van der Waals surface area contributed by atoms with Crippen LogP contribution < -0.4 is 15.1 Å². The fraction of sp³-hybridized carbons (Fsp3) is 0.424. The number of unbranched alkanes of at least 4 members (excludes halogenated alkanes) is 1. The number of fused-ring (bicyclic) bond motifs is 1. The van der Waals surface area contributed by atoms with E-state index in [4.69, 9.17) is 4.98 Å². The van der Waals surface area contributed by atoms with E-state index in [0.29, 0.717) is 42.4 Å². The number of rotatable bonds is 8. The molecular formula is C33H36F5N7O4. The van der Waals surface area contributed by atoms with Gasteiger partial charge >= 0.3 is 18.2 Å². The number of aromatic nitrogens is 2. The number of nitrogens with one attached hydrogen (secondary N) is 1. The fourth-order valence-electron chi connectivity index (χ4n) is 5.63. The van der Waals surface area contributed by atoms with E-state index in [-0.39, 0.29) is 35.1 Å². The van der Waals surface area contributed by atoms with Gasteiger partial charge in [0.15, 0.2) is 5.82 Å². The molecule has 1 N–H and O–H groups in total. The van der Waals surface area contributed by atoms with Crippen LogP contribution in [0.5, 0.6) is 0 Å². The molecule has 1 saturated heterocycles. The number of benzene rings is 2. The van der Waals surface area contributed by atoms with E-state index in [1.165, 1.54) is 32.0 Å². The maximum atomic E-state index is 15.2. The highest BCUT2D eigenvalue weighted by atomic mass is 19.4. The molecule has 0 bridgehead atoms. The first-order chi connectivity index (χ1) is 23.2. The van der Waals surface area contributed by atoms with E-state index in [9.17, 15) is 27.6 Å². The molecule has 0 radical (unpaired) electrons. The molecule has 2 aliphatic rings. The van der Waals surface area contributed by atoms with E-state index in [2.05, 4.69) is 27.0 Å². The Morgan fingerprint density at radius 1 is 1.04 bits per heavy atom. The molecular weight excluding hydrogens is 653 g/mol. The molecule has 5 rings (SSSR count). The highest BCUT2D eigenvalue weighted by Gasteiger charge is 2.44. The lowest BCUT2D eigenvalue weighted by molar-refractivity contribution is -0.232. The second kappa shape index (κ2) is 14.3. The minimum Gasteiger partial charge on any atom is -0.338 e. The maximum absolute atomic E-state index is 15.2. The Hall–Kier alpha value is -4.86. The van der Waals surface area contributed by atoms with Crippen molar-refractivity contribution in [3.63, 3.8) is 0 Å². The molecule has 262 valence electrons. The molecule has 3 heterocycles. The monoisotopic (exact) mass is 689 g/mol. The van der Waals surface area contributed by atoms with Crippen molar-refractivity contribution in [3.05, 3.63) is 64.7 Å². The van der Waals surface area contributed by atoms with Gasteiger partial charge in [-0.25, -0.2) is 28.3 Å². The summed E-state index contributed by atoms with van der Waals surface area (Å²) in [6.45, 7) is 9.81. The molecule has 2 aliphatic heterocycles. The summed E-state index contributed by atoms with van der Waals surface area (Å²) in [6.07, 6.45) is -3.25. The van der Waals surface area contributed by atoms with Crippen LogP contribution in [0.25, 0.3) is 11.3 Å². The molecule has 2 aromatic carbocycles. The van der Waals surface area contributed by atoms with Gasteiger partial charge < -0.3 is 15.1 Å². The van der Waals surface area contributed by atoms with Gasteiger partial charge in [0.25, 0.3) is 5.91 Å². The van der Waals surface area contributed by atoms with Gasteiger partial charge in [-0.1, -0.05) is 25.5 Å². The zero-order valence-corrected chi connectivity index (χ0v) is 27.4. The van der Waals surface area contributed by atoms with Gasteiger partial charge in [0.2, 0.25) is 5.95 Å². The van der Waals surface area contributed by atoms with Crippen LogP contribution in [0.2, 0.25) is 0 Å². The van der Waals surface area contributed by atoms with Gasteiger partial charge in [0, 0.05) is 42.9 Å². The lowest BCUT2D eigenvalue weighted by Crippen LogP contribution is -2.48. The van der Waals surface area contributed by atoms with Crippen molar-refractivity contribution >= 4 is 35.4 Å². The molecule has 0 unspecified atom stereocenters. The average molecular weight is 690 g/mol. The van der Waals surface area contributed by atoms with Crippen molar-refractivity contribution < 1.29 is 41.2 Å². The van der Waals surface area contributed by atoms with Gasteiger partial charge in [-0.3, -0.25) is 9.69 Å². The van der Waals surface area contributed by atoms with Crippen LogP contribution in [-0.2, 0) is 16.2 Å². The predicted octanol–water partition coefficient (Wildman–Crippen LogP) is 5.88. The van der Waals surface area contributed by atoms with Crippen LogP contribution in [0, 0.1) is 18.6 Å². The van der Waals surface area contributed by atoms with E-state index in [1.54, 1.807) is 13.0 Å². The lowest BCUT2D eigenvalue weighted by atomic mass is 9.97. The second-order valence-corrected chi connectivity index (χ2v) is 12.1. The van der Waals surface area contributed by atoms with Crippen molar-refractivity contribution in [2.45, 2.75) is 59.3 Å². The number of nitrogens with zero attached hydrogens (tertiary/aromatic N) is 6. The second-order valence-electron chi connectivity index (χ2n) is 12.1. The summed E-state index contributed by atoms with van der Waals surface area (Å²) < 4.78 is 69.4. The third kappa shape index (κ3) is 7.43. The van der Waals surface area contributed by atoms with Gasteiger partial charge in [0.1, 0.15) is 17.3 Å². The number of hydroxylamine groups is 2. The summed E-state index contributed by atoms with van der Waals surface area (Å²) in [5.41, 5.74) is 0.662.